The van der Waals surface area contributed by atoms with Gasteiger partial charge in [0.15, 0.2) is 0 Å². The predicted molar refractivity (Wildman–Crippen MR) is 38.2 cm³/mol. The maximum atomic E-state index is 3.64. The molecule has 1 rings (SSSR count). The molecule has 0 aliphatic heterocycles. The van der Waals surface area contributed by atoms with Gasteiger partial charge >= 0.3 is 0 Å². The highest BCUT2D eigenvalue weighted by Crippen LogP contribution is 2.08. The Balaban J connectivity index is 2.62. The van der Waals surface area contributed by atoms with Crippen LogP contribution in [-0.2, 0) is 6.42 Å². The zero-order valence-electron chi connectivity index (χ0n) is 4.63. The van der Waals surface area contributed by atoms with Crippen LogP contribution in [0.5, 0.6) is 0 Å². The summed E-state index contributed by atoms with van der Waals surface area (Å²) >= 11 is 1.78. The molecule has 42 valence electrons. The van der Waals surface area contributed by atoms with E-state index in [1.807, 2.05) is 6.08 Å². The Bertz CT molecular complexity index is 151. The van der Waals surface area contributed by atoms with Crippen LogP contribution in [0.1, 0.15) is 4.88 Å². The van der Waals surface area contributed by atoms with Gasteiger partial charge in [0.1, 0.15) is 0 Å². The fourth-order valence-corrected chi connectivity index (χ4v) is 1.27. The fraction of sp³-hybridized carbons (Fsp3) is 0.143. The molecule has 0 N–H and O–H groups in total. The summed E-state index contributed by atoms with van der Waals surface area (Å²) in [4.78, 5) is 1.39. The van der Waals surface area contributed by atoms with Gasteiger partial charge < -0.3 is 0 Å². The average Bonchev–Trinajstić information content (AvgIpc) is 2.19. The highest BCUT2D eigenvalue weighted by molar-refractivity contribution is 7.09. The van der Waals surface area contributed by atoms with Crippen molar-refractivity contribution in [2.45, 2.75) is 6.42 Å². The first kappa shape index (κ1) is 5.57. The third kappa shape index (κ3) is 1.20. The Morgan fingerprint density at radius 2 is 2.62 bits per heavy atom. The Morgan fingerprint density at radius 3 is 3.12 bits per heavy atom. The van der Waals surface area contributed by atoms with Crippen LogP contribution in [0.4, 0.5) is 0 Å². The summed E-state index contributed by atoms with van der Waals surface area (Å²) in [7, 11) is 0. The van der Waals surface area contributed by atoms with Gasteiger partial charge in [-0.15, -0.1) is 17.9 Å². The maximum Gasteiger partial charge on any atom is 0.00827 e. The standard InChI is InChI=1S/C7H8S/c1-2-4-7-5-3-6-8-7/h2-3,5-6H,1,4H2/i7+1. The fourth-order valence-electron chi connectivity index (χ4n) is 0.571. The SMILES string of the molecule is C=CC[13c]1cccs1. The minimum absolute atomic E-state index is 1.01. The van der Waals surface area contributed by atoms with E-state index >= 15 is 0 Å². The molecule has 8 heavy (non-hydrogen) atoms. The molecule has 0 radical (unpaired) electrons. The number of hydrogen-bond donors (Lipinski definition) is 0. The van der Waals surface area contributed by atoms with Crippen molar-refractivity contribution in [3.63, 3.8) is 0 Å². The quantitative estimate of drug-likeness (QED) is 0.533. The molecule has 0 nitrogen and oxygen atoms in total. The van der Waals surface area contributed by atoms with Gasteiger partial charge in [-0.3, -0.25) is 0 Å². The second-order valence-corrected chi connectivity index (χ2v) is 2.60. The van der Waals surface area contributed by atoms with Crippen molar-refractivity contribution in [1.82, 2.24) is 0 Å². The summed E-state index contributed by atoms with van der Waals surface area (Å²) in [6.07, 6.45) is 2.93. The average molecular weight is 125 g/mol. The zero-order chi connectivity index (χ0) is 5.82. The lowest BCUT2D eigenvalue weighted by Gasteiger charge is -1.81. The van der Waals surface area contributed by atoms with Crippen molar-refractivity contribution >= 4 is 11.3 Å². The summed E-state index contributed by atoms with van der Waals surface area (Å²) in [6.45, 7) is 3.64. The van der Waals surface area contributed by atoms with Crippen molar-refractivity contribution in [2.24, 2.45) is 0 Å². The molecule has 1 heterocycles. The van der Waals surface area contributed by atoms with Crippen LogP contribution in [0.25, 0.3) is 0 Å². The highest BCUT2D eigenvalue weighted by atomic mass is 32.1. The molecule has 1 aromatic rings. The van der Waals surface area contributed by atoms with Crippen LogP contribution in [-0.4, -0.2) is 0 Å². The summed E-state index contributed by atoms with van der Waals surface area (Å²) in [6, 6.07) is 4.18. The Morgan fingerprint density at radius 1 is 1.75 bits per heavy atom. The van der Waals surface area contributed by atoms with Crippen molar-refractivity contribution < 1.29 is 0 Å². The van der Waals surface area contributed by atoms with Crippen LogP contribution >= 0.6 is 11.3 Å². The van der Waals surface area contributed by atoms with E-state index in [4.69, 9.17) is 0 Å². The van der Waals surface area contributed by atoms with Gasteiger partial charge in [0.2, 0.25) is 0 Å². The third-order valence-electron chi connectivity index (χ3n) is 0.926. The summed E-state index contributed by atoms with van der Waals surface area (Å²) < 4.78 is 0. The first-order valence-electron chi connectivity index (χ1n) is 2.57. The van der Waals surface area contributed by atoms with Crippen LogP contribution in [0.3, 0.4) is 0 Å². The predicted octanol–water partition coefficient (Wildman–Crippen LogP) is 2.48. The van der Waals surface area contributed by atoms with Crippen LogP contribution in [0.2, 0.25) is 0 Å². The molecule has 0 saturated carbocycles. The lowest BCUT2D eigenvalue weighted by atomic mass is 10.5. The second-order valence-electron chi connectivity index (χ2n) is 1.57. The molecule has 1 heteroatoms. The van der Waals surface area contributed by atoms with E-state index in [1.165, 1.54) is 4.88 Å². The summed E-state index contributed by atoms with van der Waals surface area (Å²) in [5.41, 5.74) is 0. The van der Waals surface area contributed by atoms with Gasteiger partial charge in [-0.1, -0.05) is 12.1 Å². The molecule has 0 saturated heterocycles. The molecule has 0 spiro atoms. The molecule has 0 aliphatic rings. The number of allylic oxidation sites excluding steroid dienone is 1. The summed E-state index contributed by atoms with van der Waals surface area (Å²) in [5, 5.41) is 2.08. The molecule has 0 aromatic carbocycles. The molecular weight excluding hydrogens is 117 g/mol. The highest BCUT2D eigenvalue weighted by Gasteiger charge is 1.84. The van der Waals surface area contributed by atoms with Crippen LogP contribution < -0.4 is 0 Å². The molecular formula is C7H8S. The Kier molecular flexibility index (Phi) is 1.86. The van der Waals surface area contributed by atoms with Crippen molar-refractivity contribution in [1.29, 1.82) is 0 Å². The smallest absolute Gasteiger partial charge is 0.00827 e. The van der Waals surface area contributed by atoms with Gasteiger partial charge in [0.05, 0.1) is 0 Å². The van der Waals surface area contributed by atoms with E-state index in [1.54, 1.807) is 11.3 Å². The molecule has 0 amide bonds. The first-order valence-corrected chi connectivity index (χ1v) is 3.44. The zero-order valence-corrected chi connectivity index (χ0v) is 5.45. The first-order chi connectivity index (χ1) is 3.93. The molecule has 0 aliphatic carbocycles. The number of thiophene rings is 1. The largest absolute Gasteiger partial charge is 0.149 e. The summed E-state index contributed by atoms with van der Waals surface area (Å²) in [5.74, 6) is 0. The minimum atomic E-state index is 1.01. The van der Waals surface area contributed by atoms with E-state index in [0.29, 0.717) is 0 Å². The van der Waals surface area contributed by atoms with E-state index < -0.39 is 0 Å². The van der Waals surface area contributed by atoms with E-state index in [9.17, 15) is 0 Å². The molecule has 0 fully saturated rings. The van der Waals surface area contributed by atoms with Crippen molar-refractivity contribution in [3.8, 4) is 0 Å². The topological polar surface area (TPSA) is 0 Å². The Hall–Kier alpha value is -0.560. The third-order valence-corrected chi connectivity index (χ3v) is 1.82. The number of rotatable bonds is 2. The van der Waals surface area contributed by atoms with E-state index in [-0.39, 0.29) is 0 Å². The van der Waals surface area contributed by atoms with E-state index in [0.717, 1.165) is 6.42 Å². The van der Waals surface area contributed by atoms with Gasteiger partial charge in [0.25, 0.3) is 0 Å². The monoisotopic (exact) mass is 125 g/mol. The van der Waals surface area contributed by atoms with Gasteiger partial charge in [0, 0.05) is 4.88 Å². The normalized spacial score (nSPS) is 9.00. The lowest BCUT2D eigenvalue weighted by molar-refractivity contribution is 1.36. The van der Waals surface area contributed by atoms with Crippen molar-refractivity contribution in [3.05, 3.63) is 35.0 Å². The van der Waals surface area contributed by atoms with Gasteiger partial charge in [-0.25, -0.2) is 0 Å². The lowest BCUT2D eigenvalue weighted by Crippen LogP contribution is -1.66. The molecule has 0 atom stereocenters. The van der Waals surface area contributed by atoms with Gasteiger partial charge in [-0.2, -0.15) is 0 Å². The second kappa shape index (κ2) is 2.68. The maximum absolute atomic E-state index is 3.64. The molecule has 1 aromatic heterocycles. The Labute approximate surface area is 53.5 Å². The van der Waals surface area contributed by atoms with Crippen LogP contribution in [0, 0.1) is 0 Å². The molecule has 0 unspecified atom stereocenters. The number of hydrogen-bond acceptors (Lipinski definition) is 1. The molecule has 0 bridgehead atoms. The van der Waals surface area contributed by atoms with Gasteiger partial charge in [-0.05, 0) is 17.9 Å². The minimum Gasteiger partial charge on any atom is -0.149 e. The van der Waals surface area contributed by atoms with Crippen molar-refractivity contribution in [2.75, 3.05) is 0 Å². The van der Waals surface area contributed by atoms with Crippen LogP contribution in [0.15, 0.2) is 30.2 Å². The van der Waals surface area contributed by atoms with E-state index in [2.05, 4.69) is 24.1 Å².